The van der Waals surface area contributed by atoms with Crippen LogP contribution in [0.1, 0.15) is 57.6 Å². The van der Waals surface area contributed by atoms with Crippen LogP contribution in [0.4, 0.5) is 0 Å². The molecule has 0 spiro atoms. The first-order valence-corrected chi connectivity index (χ1v) is 11.6. The zero-order valence-corrected chi connectivity index (χ0v) is 18.4. The highest BCUT2D eigenvalue weighted by atomic mass is 16.5. The van der Waals surface area contributed by atoms with Crippen LogP contribution < -0.4 is 5.32 Å². The number of fused-ring (bicyclic) bond motifs is 1. The summed E-state index contributed by atoms with van der Waals surface area (Å²) in [6.07, 6.45) is 6.12. The van der Waals surface area contributed by atoms with Gasteiger partial charge < -0.3 is 10.1 Å². The van der Waals surface area contributed by atoms with Gasteiger partial charge in [-0.3, -0.25) is 9.69 Å². The lowest BCUT2D eigenvalue weighted by atomic mass is 9.77. The van der Waals surface area contributed by atoms with Gasteiger partial charge in [-0.05, 0) is 66.9 Å². The highest BCUT2D eigenvalue weighted by Crippen LogP contribution is 2.39. The molecular formula is C25H38N2O2. The molecule has 1 amide bonds. The van der Waals surface area contributed by atoms with Gasteiger partial charge in [-0.15, -0.1) is 0 Å². The first-order chi connectivity index (χ1) is 14.0. The van der Waals surface area contributed by atoms with Crippen LogP contribution >= 0.6 is 0 Å². The van der Waals surface area contributed by atoms with Gasteiger partial charge in [0.05, 0.1) is 12.1 Å². The fourth-order valence-electron chi connectivity index (χ4n) is 5.29. The second-order valence-electron chi connectivity index (χ2n) is 10.2. The molecule has 0 radical (unpaired) electrons. The summed E-state index contributed by atoms with van der Waals surface area (Å²) in [6.45, 7) is 10.4. The van der Waals surface area contributed by atoms with Crippen LogP contribution in [0.25, 0.3) is 0 Å². The number of hydrogen-bond acceptors (Lipinski definition) is 3. The van der Waals surface area contributed by atoms with Crippen molar-refractivity contribution >= 4 is 5.91 Å². The van der Waals surface area contributed by atoms with Crippen molar-refractivity contribution in [3.63, 3.8) is 0 Å². The first-order valence-electron chi connectivity index (χ1n) is 11.6. The third kappa shape index (κ3) is 5.82. The smallest absolute Gasteiger partial charge is 0.217 e. The minimum Gasteiger partial charge on any atom is -0.376 e. The van der Waals surface area contributed by atoms with Crippen LogP contribution in [0.15, 0.2) is 24.3 Å². The highest BCUT2D eigenvalue weighted by molar-refractivity contribution is 5.73. The van der Waals surface area contributed by atoms with E-state index in [0.29, 0.717) is 17.8 Å². The van der Waals surface area contributed by atoms with Gasteiger partial charge in [0.2, 0.25) is 5.91 Å². The van der Waals surface area contributed by atoms with E-state index >= 15 is 0 Å². The number of nitrogens with zero attached hydrogens (tertiary/aromatic N) is 1. The number of ether oxygens (including phenoxy) is 1. The number of nitrogens with one attached hydrogen (secondary N) is 1. The maximum absolute atomic E-state index is 11.7. The Morgan fingerprint density at radius 3 is 2.38 bits per heavy atom. The quantitative estimate of drug-likeness (QED) is 0.719. The summed E-state index contributed by atoms with van der Waals surface area (Å²) in [7, 11) is 0. The molecule has 4 atom stereocenters. The molecule has 1 aromatic carbocycles. The van der Waals surface area contributed by atoms with Gasteiger partial charge in [-0.25, -0.2) is 0 Å². The average molecular weight is 399 g/mol. The van der Waals surface area contributed by atoms with Gasteiger partial charge in [0.1, 0.15) is 0 Å². The summed E-state index contributed by atoms with van der Waals surface area (Å²) >= 11 is 0. The summed E-state index contributed by atoms with van der Waals surface area (Å²) in [5.41, 5.74) is 2.85. The lowest BCUT2D eigenvalue weighted by Gasteiger charge is -2.38. The number of carbonyl (C=O) groups excluding carboxylic acids is 1. The van der Waals surface area contributed by atoms with Crippen LogP contribution in [0, 0.1) is 23.7 Å². The van der Waals surface area contributed by atoms with Crippen molar-refractivity contribution in [3.8, 4) is 0 Å². The maximum Gasteiger partial charge on any atom is 0.217 e. The summed E-state index contributed by atoms with van der Waals surface area (Å²) in [5, 5.41) is 3.19. The Morgan fingerprint density at radius 2 is 1.76 bits per heavy atom. The molecule has 4 rings (SSSR count). The van der Waals surface area contributed by atoms with Gasteiger partial charge in [0, 0.05) is 33.2 Å². The Bertz CT molecular complexity index is 683. The van der Waals surface area contributed by atoms with Gasteiger partial charge >= 0.3 is 0 Å². The van der Waals surface area contributed by atoms with Crippen LogP contribution in [-0.4, -0.2) is 42.6 Å². The summed E-state index contributed by atoms with van der Waals surface area (Å²) in [6, 6.07) is 9.39. The van der Waals surface area contributed by atoms with Crippen molar-refractivity contribution in [2.75, 3.05) is 19.7 Å². The predicted molar refractivity (Wildman–Crippen MR) is 117 cm³/mol. The Balaban J connectivity index is 1.33. The van der Waals surface area contributed by atoms with Crippen molar-refractivity contribution in [2.45, 2.75) is 71.6 Å². The van der Waals surface area contributed by atoms with Crippen molar-refractivity contribution in [1.82, 2.24) is 10.2 Å². The highest BCUT2D eigenvalue weighted by Gasteiger charge is 2.43. The molecule has 4 heteroatoms. The van der Waals surface area contributed by atoms with Gasteiger partial charge in [0.15, 0.2) is 0 Å². The standard InChI is InChI=1S/C25H38N2O2/c1-17(2)10-19-4-6-20(7-5-19)13-27-14-22-11-24(26-18(3)28)25(12-23(22)15-27)29-16-21-8-9-21/h4-7,17,21-25H,8-16H2,1-3H3,(H,26,28)/t22-,23+,24-,25-/m1/s1. The molecular weight excluding hydrogens is 360 g/mol. The topological polar surface area (TPSA) is 41.6 Å². The van der Waals surface area contributed by atoms with E-state index in [4.69, 9.17) is 4.74 Å². The molecule has 1 heterocycles. The normalized spacial score (nSPS) is 29.8. The third-order valence-corrected chi connectivity index (χ3v) is 6.90. The van der Waals surface area contributed by atoms with Gasteiger partial charge in [-0.1, -0.05) is 38.1 Å². The molecule has 1 aliphatic heterocycles. The van der Waals surface area contributed by atoms with Crippen LogP contribution in [0.2, 0.25) is 0 Å². The Kier molecular flexibility index (Phi) is 6.60. The number of benzene rings is 1. The minimum absolute atomic E-state index is 0.0739. The molecule has 1 saturated heterocycles. The lowest BCUT2D eigenvalue weighted by molar-refractivity contribution is -0.122. The van der Waals surface area contributed by atoms with E-state index in [-0.39, 0.29) is 18.1 Å². The van der Waals surface area contributed by atoms with Crippen molar-refractivity contribution < 1.29 is 9.53 Å². The van der Waals surface area contributed by atoms with E-state index in [1.54, 1.807) is 6.92 Å². The van der Waals surface area contributed by atoms with Crippen LogP contribution in [0.3, 0.4) is 0 Å². The van der Waals surface area contributed by atoms with Crippen LogP contribution in [0.5, 0.6) is 0 Å². The zero-order chi connectivity index (χ0) is 20.4. The lowest BCUT2D eigenvalue weighted by Crippen LogP contribution is -2.50. The molecule has 3 fully saturated rings. The zero-order valence-electron chi connectivity index (χ0n) is 18.4. The summed E-state index contributed by atoms with van der Waals surface area (Å²) in [5.74, 6) is 2.92. The van der Waals surface area contributed by atoms with Gasteiger partial charge in [-0.2, -0.15) is 0 Å². The summed E-state index contributed by atoms with van der Waals surface area (Å²) < 4.78 is 6.29. The minimum atomic E-state index is 0.0739. The second kappa shape index (κ2) is 9.18. The van der Waals surface area contributed by atoms with E-state index < -0.39 is 0 Å². The number of carbonyl (C=O) groups is 1. The number of likely N-dealkylation sites (tertiary alicyclic amines) is 1. The molecule has 4 nitrogen and oxygen atoms in total. The fourth-order valence-corrected chi connectivity index (χ4v) is 5.29. The predicted octanol–water partition coefficient (Wildman–Crippen LogP) is 4.03. The molecule has 0 aromatic heterocycles. The fraction of sp³-hybridized carbons (Fsp3) is 0.720. The van der Waals surface area contributed by atoms with Crippen molar-refractivity contribution in [3.05, 3.63) is 35.4 Å². The molecule has 0 unspecified atom stereocenters. The Labute approximate surface area is 176 Å². The van der Waals surface area contributed by atoms with Gasteiger partial charge in [0.25, 0.3) is 0 Å². The Hall–Kier alpha value is -1.39. The molecule has 1 N–H and O–H groups in total. The largest absolute Gasteiger partial charge is 0.376 e. The summed E-state index contributed by atoms with van der Waals surface area (Å²) in [4.78, 5) is 14.3. The molecule has 3 aliphatic rings. The SMILES string of the molecule is CC(=O)N[C@@H]1C[C@@H]2CN(Cc3ccc(CC(C)C)cc3)C[C@@H]2C[C@H]1OCC1CC1. The van der Waals surface area contributed by atoms with E-state index in [0.717, 1.165) is 51.4 Å². The molecule has 0 bridgehead atoms. The van der Waals surface area contributed by atoms with Crippen LogP contribution in [-0.2, 0) is 22.5 Å². The van der Waals surface area contributed by atoms with E-state index in [1.807, 2.05) is 0 Å². The molecule has 1 aromatic rings. The maximum atomic E-state index is 11.7. The van der Waals surface area contributed by atoms with Crippen molar-refractivity contribution in [2.24, 2.45) is 23.7 Å². The first kappa shape index (κ1) is 20.9. The molecule has 2 aliphatic carbocycles. The number of amides is 1. The molecule has 160 valence electrons. The van der Waals surface area contributed by atoms with E-state index in [9.17, 15) is 4.79 Å². The monoisotopic (exact) mass is 398 g/mol. The number of hydrogen-bond donors (Lipinski definition) is 1. The molecule has 2 saturated carbocycles. The second-order valence-corrected chi connectivity index (χ2v) is 10.2. The Morgan fingerprint density at radius 1 is 1.10 bits per heavy atom. The molecule has 29 heavy (non-hydrogen) atoms. The third-order valence-electron chi connectivity index (χ3n) is 6.90. The van der Waals surface area contributed by atoms with E-state index in [2.05, 4.69) is 48.3 Å². The van der Waals surface area contributed by atoms with Crippen molar-refractivity contribution in [1.29, 1.82) is 0 Å². The van der Waals surface area contributed by atoms with E-state index in [1.165, 1.54) is 24.0 Å². The average Bonchev–Trinajstić information content (AvgIpc) is 3.40. The number of rotatable bonds is 8.